The summed E-state index contributed by atoms with van der Waals surface area (Å²) in [7, 11) is 0. The molecule has 0 aromatic heterocycles. The van der Waals surface area contributed by atoms with E-state index >= 15 is 0 Å². The molecule has 0 radical (unpaired) electrons. The number of hydrogen-bond donors (Lipinski definition) is 1. The van der Waals surface area contributed by atoms with Gasteiger partial charge in [0, 0.05) is 11.3 Å². The monoisotopic (exact) mass is 185 g/mol. The lowest BCUT2D eigenvalue weighted by atomic mass is 10.0. The van der Waals surface area contributed by atoms with E-state index in [-0.39, 0.29) is 5.78 Å². The van der Waals surface area contributed by atoms with Crippen LogP contribution in [0.4, 0.5) is 5.69 Å². The summed E-state index contributed by atoms with van der Waals surface area (Å²) in [5, 5.41) is 1.98. The van der Waals surface area contributed by atoms with Gasteiger partial charge in [-0.15, -0.1) is 0 Å². The Hall–Kier alpha value is -1.83. The largest absolute Gasteiger partial charge is 0.399 e. The number of anilines is 1. The predicted octanol–water partition coefficient (Wildman–Crippen LogP) is 2.62. The van der Waals surface area contributed by atoms with E-state index in [1.54, 1.807) is 6.92 Å². The highest BCUT2D eigenvalue weighted by Gasteiger charge is 2.04. The van der Waals surface area contributed by atoms with Gasteiger partial charge >= 0.3 is 0 Å². The zero-order valence-corrected chi connectivity index (χ0v) is 7.95. The number of Topliss-reactive ketones (excluding diaryl/α,β-unsaturated/α-hetero) is 1. The van der Waals surface area contributed by atoms with Crippen LogP contribution in [0.5, 0.6) is 0 Å². The second-order valence-electron chi connectivity index (χ2n) is 3.34. The summed E-state index contributed by atoms with van der Waals surface area (Å²) in [4.78, 5) is 11.3. The van der Waals surface area contributed by atoms with E-state index in [1.807, 2.05) is 36.4 Å². The molecule has 0 fully saturated rings. The van der Waals surface area contributed by atoms with E-state index in [0.29, 0.717) is 5.69 Å². The maximum atomic E-state index is 11.3. The van der Waals surface area contributed by atoms with Crippen molar-refractivity contribution >= 4 is 22.2 Å². The van der Waals surface area contributed by atoms with Crippen LogP contribution in [0.2, 0.25) is 0 Å². The Kier molecular flexibility index (Phi) is 1.97. The van der Waals surface area contributed by atoms with Gasteiger partial charge in [-0.2, -0.15) is 0 Å². The zero-order valence-electron chi connectivity index (χ0n) is 7.95. The second-order valence-corrected chi connectivity index (χ2v) is 3.34. The molecule has 0 atom stereocenters. The predicted molar refractivity (Wildman–Crippen MR) is 58.4 cm³/mol. The van der Waals surface area contributed by atoms with Crippen LogP contribution in [-0.4, -0.2) is 5.78 Å². The molecule has 0 amide bonds. The third-order valence-corrected chi connectivity index (χ3v) is 2.29. The van der Waals surface area contributed by atoms with Crippen LogP contribution >= 0.6 is 0 Å². The molecule has 2 N–H and O–H groups in total. The molecule has 0 saturated carbocycles. The van der Waals surface area contributed by atoms with Crippen LogP contribution in [-0.2, 0) is 0 Å². The number of benzene rings is 2. The van der Waals surface area contributed by atoms with Crippen molar-refractivity contribution in [2.45, 2.75) is 6.92 Å². The van der Waals surface area contributed by atoms with Crippen LogP contribution < -0.4 is 5.73 Å². The molecule has 0 aliphatic rings. The van der Waals surface area contributed by atoms with E-state index in [2.05, 4.69) is 0 Å². The number of nitrogen functional groups attached to an aromatic ring is 1. The first-order chi connectivity index (χ1) is 6.68. The number of carbonyl (C=O) groups excluding carboxylic acids is 1. The van der Waals surface area contributed by atoms with Gasteiger partial charge in [0.15, 0.2) is 5.78 Å². The van der Waals surface area contributed by atoms with Gasteiger partial charge in [-0.1, -0.05) is 24.3 Å². The highest BCUT2D eigenvalue weighted by Crippen LogP contribution is 2.21. The maximum Gasteiger partial charge on any atom is 0.160 e. The number of carbonyl (C=O) groups is 1. The average Bonchev–Trinajstić information content (AvgIpc) is 2.16. The maximum absolute atomic E-state index is 11.3. The van der Waals surface area contributed by atoms with Crippen LogP contribution in [0.1, 0.15) is 17.3 Å². The first-order valence-electron chi connectivity index (χ1n) is 4.47. The number of hydrogen-bond acceptors (Lipinski definition) is 2. The Bertz CT molecular complexity index is 503. The van der Waals surface area contributed by atoms with Crippen molar-refractivity contribution in [2.75, 3.05) is 5.73 Å². The molecule has 0 heterocycles. The van der Waals surface area contributed by atoms with Crippen molar-refractivity contribution in [2.24, 2.45) is 0 Å². The SMILES string of the molecule is CC(=O)c1cccc2ccc(N)cc12. The number of rotatable bonds is 1. The molecule has 0 saturated heterocycles. The van der Waals surface area contributed by atoms with E-state index in [1.165, 1.54) is 0 Å². The minimum Gasteiger partial charge on any atom is -0.399 e. The lowest BCUT2D eigenvalue weighted by molar-refractivity contribution is 0.101. The Morgan fingerprint density at radius 1 is 1.21 bits per heavy atom. The molecule has 14 heavy (non-hydrogen) atoms. The van der Waals surface area contributed by atoms with Crippen LogP contribution in [0.3, 0.4) is 0 Å². The van der Waals surface area contributed by atoms with Crippen molar-refractivity contribution in [3.05, 3.63) is 42.0 Å². The molecule has 2 nitrogen and oxygen atoms in total. The van der Waals surface area contributed by atoms with Gasteiger partial charge in [0.25, 0.3) is 0 Å². The molecule has 2 aromatic rings. The summed E-state index contributed by atoms with van der Waals surface area (Å²) >= 11 is 0. The molecule has 2 heteroatoms. The van der Waals surface area contributed by atoms with Crippen LogP contribution in [0, 0.1) is 0 Å². The first-order valence-corrected chi connectivity index (χ1v) is 4.47. The molecular formula is C12H11NO. The van der Waals surface area contributed by atoms with Gasteiger partial charge in [-0.3, -0.25) is 4.79 Å². The molecule has 0 aliphatic heterocycles. The third kappa shape index (κ3) is 1.35. The Labute approximate surface area is 82.3 Å². The molecule has 0 unspecified atom stereocenters. The fourth-order valence-corrected chi connectivity index (χ4v) is 1.60. The summed E-state index contributed by atoms with van der Waals surface area (Å²) in [5.41, 5.74) is 7.10. The van der Waals surface area contributed by atoms with Gasteiger partial charge in [-0.05, 0) is 29.8 Å². The summed E-state index contributed by atoms with van der Waals surface area (Å²) in [6.45, 7) is 1.57. The molecular weight excluding hydrogens is 174 g/mol. The average molecular weight is 185 g/mol. The quantitative estimate of drug-likeness (QED) is 0.548. The van der Waals surface area contributed by atoms with Crippen LogP contribution in [0.15, 0.2) is 36.4 Å². The molecule has 70 valence electrons. The number of fused-ring (bicyclic) bond motifs is 1. The Balaban J connectivity index is 2.84. The lowest BCUT2D eigenvalue weighted by Gasteiger charge is -2.03. The second kappa shape index (κ2) is 3.14. The van der Waals surface area contributed by atoms with E-state index in [4.69, 9.17) is 5.73 Å². The minimum atomic E-state index is 0.0706. The van der Waals surface area contributed by atoms with Gasteiger partial charge in [-0.25, -0.2) is 0 Å². The molecule has 0 aliphatic carbocycles. The lowest BCUT2D eigenvalue weighted by Crippen LogP contribution is -1.94. The fourth-order valence-electron chi connectivity index (χ4n) is 1.60. The summed E-state index contributed by atoms with van der Waals surface area (Å²) in [6, 6.07) is 11.3. The molecule has 2 rings (SSSR count). The van der Waals surface area contributed by atoms with Crippen molar-refractivity contribution in [3.63, 3.8) is 0 Å². The zero-order chi connectivity index (χ0) is 10.1. The standard InChI is InChI=1S/C12H11NO/c1-8(14)11-4-2-3-9-5-6-10(13)7-12(9)11/h2-7H,13H2,1H3. The number of ketones is 1. The summed E-state index contributed by atoms with van der Waals surface area (Å²) in [5.74, 6) is 0.0706. The van der Waals surface area contributed by atoms with Gasteiger partial charge in [0.1, 0.15) is 0 Å². The first kappa shape index (κ1) is 8.75. The van der Waals surface area contributed by atoms with E-state index < -0.39 is 0 Å². The van der Waals surface area contributed by atoms with E-state index in [0.717, 1.165) is 16.3 Å². The van der Waals surface area contributed by atoms with Gasteiger partial charge in [0.2, 0.25) is 0 Å². The van der Waals surface area contributed by atoms with Crippen molar-refractivity contribution in [1.29, 1.82) is 0 Å². The third-order valence-electron chi connectivity index (χ3n) is 2.29. The molecule has 0 spiro atoms. The normalized spacial score (nSPS) is 10.4. The van der Waals surface area contributed by atoms with Gasteiger partial charge in [0.05, 0.1) is 0 Å². The van der Waals surface area contributed by atoms with Crippen LogP contribution in [0.25, 0.3) is 10.8 Å². The molecule has 0 bridgehead atoms. The Morgan fingerprint density at radius 2 is 2.00 bits per heavy atom. The molecule has 2 aromatic carbocycles. The van der Waals surface area contributed by atoms with E-state index in [9.17, 15) is 4.79 Å². The van der Waals surface area contributed by atoms with Crippen molar-refractivity contribution in [3.8, 4) is 0 Å². The minimum absolute atomic E-state index is 0.0706. The fraction of sp³-hybridized carbons (Fsp3) is 0.0833. The smallest absolute Gasteiger partial charge is 0.160 e. The highest BCUT2D eigenvalue weighted by atomic mass is 16.1. The van der Waals surface area contributed by atoms with Gasteiger partial charge < -0.3 is 5.73 Å². The summed E-state index contributed by atoms with van der Waals surface area (Å²) in [6.07, 6.45) is 0. The summed E-state index contributed by atoms with van der Waals surface area (Å²) < 4.78 is 0. The van der Waals surface area contributed by atoms with Crippen molar-refractivity contribution < 1.29 is 4.79 Å². The highest BCUT2D eigenvalue weighted by molar-refractivity contribution is 6.07. The number of nitrogens with two attached hydrogens (primary N) is 1. The Morgan fingerprint density at radius 3 is 2.71 bits per heavy atom. The van der Waals surface area contributed by atoms with Crippen molar-refractivity contribution in [1.82, 2.24) is 0 Å². The topological polar surface area (TPSA) is 43.1 Å².